The average Bonchev–Trinajstić information content (AvgIpc) is 2.29. The number of carbonyl (C=O) groups excluding carboxylic acids is 1. The first kappa shape index (κ1) is 19.0. The number of phenols is 1. The molecule has 0 spiro atoms. The van der Waals surface area contributed by atoms with Gasteiger partial charge in [0, 0.05) is 16.1 Å². The lowest BCUT2D eigenvalue weighted by molar-refractivity contribution is -0.141. The molecule has 0 heterocycles. The summed E-state index contributed by atoms with van der Waals surface area (Å²) in [7, 11) is 1.14. The molecule has 20 heavy (non-hydrogen) atoms. The molecule has 1 aromatic rings. The van der Waals surface area contributed by atoms with Crippen molar-refractivity contribution in [1.29, 1.82) is 0 Å². The Morgan fingerprint density at radius 2 is 2.05 bits per heavy atom. The van der Waals surface area contributed by atoms with Crippen LogP contribution in [-0.4, -0.2) is 18.2 Å². The predicted molar refractivity (Wildman–Crippen MR) is 71.6 cm³/mol. The Kier molecular flexibility index (Phi) is 6.79. The van der Waals surface area contributed by atoms with Gasteiger partial charge in [-0.1, -0.05) is 15.9 Å². The van der Waals surface area contributed by atoms with Crippen molar-refractivity contribution in [1.82, 2.24) is 0 Å². The van der Waals surface area contributed by atoms with E-state index >= 15 is 0 Å². The Hall–Kier alpha value is -0.990. The van der Waals surface area contributed by atoms with Crippen LogP contribution < -0.4 is 5.73 Å². The molecule has 0 fully saturated rings. The molecule has 0 bridgehead atoms. The second-order valence-electron chi connectivity index (χ2n) is 3.78. The number of halogens is 5. The zero-order chi connectivity index (χ0) is 14.8. The third-order valence-corrected chi connectivity index (χ3v) is 2.88. The number of aromatic hydroxyl groups is 1. The number of benzene rings is 1. The third-order valence-electron chi connectivity index (χ3n) is 2.42. The van der Waals surface area contributed by atoms with Crippen molar-refractivity contribution in [2.24, 2.45) is 5.73 Å². The van der Waals surface area contributed by atoms with Crippen LogP contribution in [0.3, 0.4) is 0 Å². The molecule has 0 radical (unpaired) electrons. The molecule has 0 aliphatic carbocycles. The minimum atomic E-state index is -4.71. The number of alkyl halides is 3. The highest BCUT2D eigenvalue weighted by Gasteiger charge is 2.36. The van der Waals surface area contributed by atoms with Crippen molar-refractivity contribution in [2.45, 2.75) is 18.6 Å². The highest BCUT2D eigenvalue weighted by Crippen LogP contribution is 2.41. The van der Waals surface area contributed by atoms with Crippen molar-refractivity contribution in [3.63, 3.8) is 0 Å². The van der Waals surface area contributed by atoms with E-state index in [0.717, 1.165) is 13.2 Å². The fourth-order valence-corrected chi connectivity index (χ4v) is 1.97. The van der Waals surface area contributed by atoms with Crippen LogP contribution in [0.4, 0.5) is 13.2 Å². The van der Waals surface area contributed by atoms with Gasteiger partial charge in [-0.05, 0) is 12.1 Å². The number of rotatable bonds is 3. The van der Waals surface area contributed by atoms with E-state index in [1.54, 1.807) is 0 Å². The lowest BCUT2D eigenvalue weighted by Crippen LogP contribution is -2.18. The van der Waals surface area contributed by atoms with Gasteiger partial charge in [0.25, 0.3) is 0 Å². The Bertz CT molecular complexity index is 497. The van der Waals surface area contributed by atoms with Crippen LogP contribution in [-0.2, 0) is 15.7 Å². The fourth-order valence-electron chi connectivity index (χ4n) is 1.49. The number of hydrogen-bond donors (Lipinski definition) is 2. The molecule has 0 aliphatic heterocycles. The summed E-state index contributed by atoms with van der Waals surface area (Å²) in [6.07, 6.45) is -5.05. The second kappa shape index (κ2) is 7.14. The summed E-state index contributed by atoms with van der Waals surface area (Å²) in [5, 5.41) is 9.63. The van der Waals surface area contributed by atoms with E-state index in [-0.39, 0.29) is 28.9 Å². The number of nitrogens with two attached hydrogens (primary N) is 1. The van der Waals surface area contributed by atoms with E-state index in [9.17, 15) is 23.1 Å². The van der Waals surface area contributed by atoms with E-state index in [2.05, 4.69) is 20.7 Å². The summed E-state index contributed by atoms with van der Waals surface area (Å²) in [6.45, 7) is 0. The first-order chi connectivity index (χ1) is 8.66. The summed E-state index contributed by atoms with van der Waals surface area (Å²) in [5.74, 6) is -1.66. The fraction of sp³-hybridized carbons (Fsp3) is 0.364. The van der Waals surface area contributed by atoms with Crippen LogP contribution in [0.15, 0.2) is 16.6 Å². The van der Waals surface area contributed by atoms with Gasteiger partial charge >= 0.3 is 12.1 Å². The van der Waals surface area contributed by atoms with Crippen LogP contribution in [0.5, 0.6) is 5.75 Å². The van der Waals surface area contributed by atoms with Gasteiger partial charge in [-0.3, -0.25) is 4.79 Å². The molecule has 1 rings (SSSR count). The Morgan fingerprint density at radius 3 is 2.50 bits per heavy atom. The van der Waals surface area contributed by atoms with Crippen LogP contribution in [0.1, 0.15) is 23.6 Å². The maximum absolute atomic E-state index is 12.7. The van der Waals surface area contributed by atoms with Gasteiger partial charge < -0.3 is 15.6 Å². The number of phenolic OH excluding ortho intramolecular Hbond substituents is 1. The van der Waals surface area contributed by atoms with Crippen molar-refractivity contribution in [3.05, 3.63) is 27.7 Å². The van der Waals surface area contributed by atoms with Crippen LogP contribution in [0.2, 0.25) is 0 Å². The number of methoxy groups -OCH3 is 1. The molecule has 0 aromatic heterocycles. The van der Waals surface area contributed by atoms with E-state index < -0.39 is 29.5 Å². The van der Waals surface area contributed by atoms with Crippen molar-refractivity contribution < 1.29 is 27.8 Å². The van der Waals surface area contributed by atoms with E-state index in [1.807, 2.05) is 0 Å². The predicted octanol–water partition coefficient (Wildman–Crippen LogP) is 3.16. The number of esters is 1. The first-order valence-electron chi connectivity index (χ1n) is 5.08. The zero-order valence-corrected chi connectivity index (χ0v) is 12.6. The Labute approximate surface area is 127 Å². The normalized spacial score (nSPS) is 12.5. The molecule has 0 saturated carbocycles. The minimum absolute atomic E-state index is 0. The summed E-state index contributed by atoms with van der Waals surface area (Å²) in [5.41, 5.74) is 4.22. The maximum Gasteiger partial charge on any atom is 0.420 e. The second-order valence-corrected chi connectivity index (χ2v) is 4.69. The van der Waals surface area contributed by atoms with Gasteiger partial charge in [-0.15, -0.1) is 12.4 Å². The standard InChI is InChI=1S/C11H11BrF3NO3.ClH/c1-19-9(17)4-8(16)6-2-5(12)3-7(10(6)18)11(13,14)15;/h2-3,8,18H,4,16H2,1H3;1H/t8-;/m1./s1. The van der Waals surface area contributed by atoms with Gasteiger partial charge in [-0.2, -0.15) is 13.2 Å². The molecule has 0 aliphatic rings. The largest absolute Gasteiger partial charge is 0.507 e. The van der Waals surface area contributed by atoms with E-state index in [4.69, 9.17) is 5.73 Å². The number of hydrogen-bond acceptors (Lipinski definition) is 4. The lowest BCUT2D eigenvalue weighted by Gasteiger charge is -2.17. The van der Waals surface area contributed by atoms with Crippen LogP contribution in [0, 0.1) is 0 Å². The molecule has 114 valence electrons. The molecule has 9 heteroatoms. The smallest absolute Gasteiger partial charge is 0.420 e. The number of ether oxygens (including phenoxy) is 1. The highest BCUT2D eigenvalue weighted by molar-refractivity contribution is 9.10. The number of carbonyl (C=O) groups is 1. The monoisotopic (exact) mass is 377 g/mol. The Balaban J connectivity index is 0.00000361. The molecular weight excluding hydrogens is 366 g/mol. The van der Waals surface area contributed by atoms with Gasteiger partial charge in [0.15, 0.2) is 0 Å². The third kappa shape index (κ3) is 4.53. The Morgan fingerprint density at radius 1 is 1.50 bits per heavy atom. The topological polar surface area (TPSA) is 72.5 Å². The van der Waals surface area contributed by atoms with E-state index in [0.29, 0.717) is 0 Å². The lowest BCUT2D eigenvalue weighted by atomic mass is 10.00. The molecule has 0 amide bonds. The summed E-state index contributed by atoms with van der Waals surface area (Å²) < 4.78 is 42.5. The molecule has 1 atom stereocenters. The molecule has 0 unspecified atom stereocenters. The molecule has 4 nitrogen and oxygen atoms in total. The molecule has 0 saturated heterocycles. The molecular formula is C11H12BrClF3NO3. The van der Waals surface area contributed by atoms with Gasteiger partial charge in [-0.25, -0.2) is 0 Å². The highest BCUT2D eigenvalue weighted by atomic mass is 79.9. The van der Waals surface area contributed by atoms with Crippen molar-refractivity contribution in [3.8, 4) is 5.75 Å². The summed E-state index contributed by atoms with van der Waals surface area (Å²) in [6, 6.07) is 0.882. The summed E-state index contributed by atoms with van der Waals surface area (Å²) >= 11 is 2.91. The molecule has 1 aromatic carbocycles. The first-order valence-corrected chi connectivity index (χ1v) is 5.88. The van der Waals surface area contributed by atoms with E-state index in [1.165, 1.54) is 6.07 Å². The van der Waals surface area contributed by atoms with Crippen molar-refractivity contribution in [2.75, 3.05) is 7.11 Å². The van der Waals surface area contributed by atoms with Crippen LogP contribution in [0.25, 0.3) is 0 Å². The average molecular weight is 379 g/mol. The SMILES string of the molecule is COC(=O)C[C@@H](N)c1cc(Br)cc(C(F)(F)F)c1O.Cl. The van der Waals surface area contributed by atoms with Crippen LogP contribution >= 0.6 is 28.3 Å². The quantitative estimate of drug-likeness (QED) is 0.793. The van der Waals surface area contributed by atoms with Gasteiger partial charge in [0.2, 0.25) is 0 Å². The van der Waals surface area contributed by atoms with Gasteiger partial charge in [0.1, 0.15) is 5.75 Å². The molecule has 3 N–H and O–H groups in total. The van der Waals surface area contributed by atoms with Gasteiger partial charge in [0.05, 0.1) is 19.1 Å². The zero-order valence-electron chi connectivity index (χ0n) is 10.2. The van der Waals surface area contributed by atoms with Crippen molar-refractivity contribution >= 4 is 34.3 Å². The summed E-state index contributed by atoms with van der Waals surface area (Å²) in [4.78, 5) is 11.1. The minimum Gasteiger partial charge on any atom is -0.507 e. The maximum atomic E-state index is 12.7.